The molecule has 0 aromatic heterocycles. The summed E-state index contributed by atoms with van der Waals surface area (Å²) in [5, 5.41) is 3.01. The molecule has 0 spiro atoms. The third-order valence-corrected chi connectivity index (χ3v) is 4.00. The zero-order valence-corrected chi connectivity index (χ0v) is 12.9. The van der Waals surface area contributed by atoms with Gasteiger partial charge in [-0.05, 0) is 31.9 Å². The van der Waals surface area contributed by atoms with Crippen molar-refractivity contribution in [3.8, 4) is 0 Å². The number of nitrogens with one attached hydrogen (secondary N) is 1. The van der Waals surface area contributed by atoms with Gasteiger partial charge in [-0.2, -0.15) is 11.8 Å². The number of carbonyl (C=O) groups excluding carboxylic acids is 1. The average molecular weight is 260 g/mol. The molecule has 1 atom stereocenters. The fourth-order valence-electron chi connectivity index (χ4n) is 1.54. The average Bonchev–Trinajstić information content (AvgIpc) is 2.21. The van der Waals surface area contributed by atoms with Crippen molar-refractivity contribution < 1.29 is 4.79 Å². The fourth-order valence-corrected chi connectivity index (χ4v) is 1.76. The second kappa shape index (κ2) is 6.64. The molecule has 0 radical (unpaired) electrons. The molecule has 0 aromatic rings. The zero-order valence-electron chi connectivity index (χ0n) is 12.1. The molecule has 0 aromatic carbocycles. The zero-order chi connectivity index (χ0) is 13.7. The fraction of sp³-hybridized carbons (Fsp3) is 0.923. The molecule has 3 N–H and O–H groups in total. The molecule has 1 amide bonds. The van der Waals surface area contributed by atoms with Crippen molar-refractivity contribution in [1.29, 1.82) is 0 Å². The smallest absolute Gasteiger partial charge is 0.224 e. The highest BCUT2D eigenvalue weighted by molar-refractivity contribution is 7.99. The van der Waals surface area contributed by atoms with Crippen molar-refractivity contribution in [2.24, 2.45) is 17.1 Å². The Morgan fingerprint density at radius 1 is 1.29 bits per heavy atom. The summed E-state index contributed by atoms with van der Waals surface area (Å²) in [5.41, 5.74) is 5.82. The van der Waals surface area contributed by atoms with Crippen LogP contribution < -0.4 is 11.1 Å². The molecular weight excluding hydrogens is 232 g/mol. The molecule has 0 aliphatic heterocycles. The van der Waals surface area contributed by atoms with Gasteiger partial charge < -0.3 is 11.1 Å². The Bertz CT molecular complexity index is 246. The molecular formula is C13H28N2OS. The van der Waals surface area contributed by atoms with E-state index in [-0.39, 0.29) is 22.0 Å². The third-order valence-electron chi connectivity index (χ3n) is 2.76. The van der Waals surface area contributed by atoms with Crippen molar-refractivity contribution in [3.63, 3.8) is 0 Å². The predicted octanol–water partition coefficient (Wildman–Crippen LogP) is 2.26. The summed E-state index contributed by atoms with van der Waals surface area (Å²) in [6.07, 6.45) is 2.89. The van der Waals surface area contributed by atoms with Crippen molar-refractivity contribution >= 4 is 17.7 Å². The number of carbonyl (C=O) groups is 1. The van der Waals surface area contributed by atoms with E-state index in [1.54, 1.807) is 11.8 Å². The first-order chi connectivity index (χ1) is 7.61. The molecule has 0 bridgehead atoms. The van der Waals surface area contributed by atoms with Crippen LogP contribution in [-0.4, -0.2) is 30.0 Å². The van der Waals surface area contributed by atoms with Crippen molar-refractivity contribution in [2.45, 2.75) is 45.8 Å². The Hall–Kier alpha value is -0.220. The Labute approximate surface area is 110 Å². The third kappa shape index (κ3) is 7.66. The van der Waals surface area contributed by atoms with Crippen LogP contribution in [0.1, 0.15) is 41.0 Å². The first-order valence-corrected chi connectivity index (χ1v) is 7.37. The number of amides is 1. The largest absolute Gasteiger partial charge is 0.354 e. The lowest BCUT2D eigenvalue weighted by atomic mass is 9.84. The van der Waals surface area contributed by atoms with Crippen LogP contribution in [0.5, 0.6) is 0 Å². The van der Waals surface area contributed by atoms with Gasteiger partial charge in [0.25, 0.3) is 0 Å². The monoisotopic (exact) mass is 260 g/mol. The van der Waals surface area contributed by atoms with Crippen LogP contribution in [0.2, 0.25) is 0 Å². The van der Waals surface area contributed by atoms with Crippen LogP contribution in [-0.2, 0) is 4.79 Å². The Balaban J connectivity index is 4.28. The molecule has 3 nitrogen and oxygen atoms in total. The van der Waals surface area contributed by atoms with Crippen LogP contribution in [0.15, 0.2) is 0 Å². The van der Waals surface area contributed by atoms with Crippen molar-refractivity contribution in [2.75, 3.05) is 19.3 Å². The van der Waals surface area contributed by atoms with Gasteiger partial charge in [-0.15, -0.1) is 0 Å². The molecule has 0 saturated heterocycles. The molecule has 4 heteroatoms. The number of nitrogens with two attached hydrogens (primary N) is 1. The summed E-state index contributed by atoms with van der Waals surface area (Å²) in [4.78, 5) is 12.0. The van der Waals surface area contributed by atoms with Crippen molar-refractivity contribution in [3.05, 3.63) is 0 Å². The van der Waals surface area contributed by atoms with Gasteiger partial charge in [-0.3, -0.25) is 4.79 Å². The lowest BCUT2D eigenvalue weighted by Gasteiger charge is -2.27. The number of thioether (sulfide) groups is 1. The number of hydrogen-bond acceptors (Lipinski definition) is 3. The van der Waals surface area contributed by atoms with Crippen LogP contribution in [0.3, 0.4) is 0 Å². The summed E-state index contributed by atoms with van der Waals surface area (Å²) < 4.78 is 0.0799. The first-order valence-electron chi connectivity index (χ1n) is 6.14. The standard InChI is InChI=1S/C13H28N2OS/c1-12(2,3)7-10(8-14)11(16)15-9-13(4,5)17-6/h10H,7-9,14H2,1-6H3,(H,15,16). The van der Waals surface area contributed by atoms with E-state index in [9.17, 15) is 4.79 Å². The summed E-state index contributed by atoms with van der Waals surface area (Å²) >= 11 is 1.76. The maximum absolute atomic E-state index is 12.0. The predicted molar refractivity (Wildman–Crippen MR) is 77.2 cm³/mol. The minimum atomic E-state index is -0.0762. The normalized spacial score (nSPS) is 14.5. The molecule has 102 valence electrons. The van der Waals surface area contributed by atoms with E-state index in [1.807, 2.05) is 0 Å². The second-order valence-electron chi connectivity index (χ2n) is 6.38. The summed E-state index contributed by atoms with van der Waals surface area (Å²) in [5.74, 6) is 0.0113. The van der Waals surface area contributed by atoms with Gasteiger partial charge in [-0.25, -0.2) is 0 Å². The summed E-state index contributed by atoms with van der Waals surface area (Å²) in [6.45, 7) is 11.8. The van der Waals surface area contributed by atoms with E-state index in [0.717, 1.165) is 6.42 Å². The molecule has 17 heavy (non-hydrogen) atoms. The highest BCUT2D eigenvalue weighted by Gasteiger charge is 2.25. The van der Waals surface area contributed by atoms with Gasteiger partial charge in [0.1, 0.15) is 0 Å². The number of rotatable bonds is 6. The molecule has 0 rings (SSSR count). The van der Waals surface area contributed by atoms with Gasteiger partial charge in [0.2, 0.25) is 5.91 Å². The highest BCUT2D eigenvalue weighted by atomic mass is 32.2. The maximum atomic E-state index is 12.0. The Kier molecular flexibility index (Phi) is 6.56. The molecule has 0 fully saturated rings. The quantitative estimate of drug-likeness (QED) is 0.770. The SMILES string of the molecule is CSC(C)(C)CNC(=O)C(CN)CC(C)(C)C. The van der Waals surface area contributed by atoms with E-state index in [1.165, 1.54) is 0 Å². The topological polar surface area (TPSA) is 55.1 Å². The van der Waals surface area contributed by atoms with E-state index in [2.05, 4.69) is 46.2 Å². The van der Waals surface area contributed by atoms with Gasteiger partial charge in [0.05, 0.1) is 5.92 Å². The van der Waals surface area contributed by atoms with Gasteiger partial charge in [-0.1, -0.05) is 20.8 Å². The van der Waals surface area contributed by atoms with E-state index in [0.29, 0.717) is 13.1 Å². The molecule has 0 saturated carbocycles. The van der Waals surface area contributed by atoms with E-state index < -0.39 is 0 Å². The maximum Gasteiger partial charge on any atom is 0.224 e. The molecule has 0 aliphatic rings. The summed E-state index contributed by atoms with van der Waals surface area (Å²) in [7, 11) is 0. The van der Waals surface area contributed by atoms with Crippen LogP contribution in [0.25, 0.3) is 0 Å². The van der Waals surface area contributed by atoms with Crippen LogP contribution in [0, 0.1) is 11.3 Å². The summed E-state index contributed by atoms with van der Waals surface area (Å²) in [6, 6.07) is 0. The molecule has 0 aliphatic carbocycles. The van der Waals surface area contributed by atoms with E-state index >= 15 is 0 Å². The molecule has 0 heterocycles. The van der Waals surface area contributed by atoms with Gasteiger partial charge >= 0.3 is 0 Å². The first kappa shape index (κ1) is 16.8. The van der Waals surface area contributed by atoms with E-state index in [4.69, 9.17) is 5.73 Å². The van der Waals surface area contributed by atoms with Crippen LogP contribution >= 0.6 is 11.8 Å². The Morgan fingerprint density at radius 2 is 1.82 bits per heavy atom. The molecule has 1 unspecified atom stereocenters. The minimum Gasteiger partial charge on any atom is -0.354 e. The highest BCUT2D eigenvalue weighted by Crippen LogP contribution is 2.24. The van der Waals surface area contributed by atoms with Gasteiger partial charge in [0.15, 0.2) is 0 Å². The number of hydrogen-bond donors (Lipinski definition) is 2. The van der Waals surface area contributed by atoms with Crippen molar-refractivity contribution in [1.82, 2.24) is 5.32 Å². The second-order valence-corrected chi connectivity index (χ2v) is 7.89. The lowest BCUT2D eigenvalue weighted by molar-refractivity contribution is -0.125. The minimum absolute atomic E-state index is 0.0762. The van der Waals surface area contributed by atoms with Crippen LogP contribution in [0.4, 0.5) is 0 Å². The Morgan fingerprint density at radius 3 is 2.18 bits per heavy atom. The van der Waals surface area contributed by atoms with Gasteiger partial charge in [0, 0.05) is 17.8 Å². The lowest BCUT2D eigenvalue weighted by Crippen LogP contribution is -2.42.